The molecule has 0 fully saturated rings. The zero-order valence-corrected chi connectivity index (χ0v) is 14.3. The van der Waals surface area contributed by atoms with Gasteiger partial charge in [-0.15, -0.1) is 6.58 Å². The van der Waals surface area contributed by atoms with Crippen molar-refractivity contribution in [2.45, 2.75) is 61.3 Å². The lowest BCUT2D eigenvalue weighted by molar-refractivity contribution is -0.136. The largest absolute Gasteiger partial charge is 0.300 e. The first-order valence-corrected chi connectivity index (χ1v) is 7.70. The summed E-state index contributed by atoms with van der Waals surface area (Å²) in [6.45, 7) is 17.7. The van der Waals surface area contributed by atoms with Crippen LogP contribution in [0, 0.1) is 29.1 Å². The first-order valence-electron chi connectivity index (χ1n) is 7.70. The normalized spacial score (nSPS) is 17.9. The third-order valence-electron chi connectivity index (χ3n) is 5.10. The van der Waals surface area contributed by atoms with Crippen molar-refractivity contribution < 1.29 is 9.59 Å². The predicted octanol–water partition coefficient (Wildman–Crippen LogP) is 4.68. The average Bonchev–Trinajstić information content (AvgIpc) is 2.35. The second-order valence-electron chi connectivity index (χ2n) is 7.04. The quantitative estimate of drug-likeness (QED) is 0.575. The van der Waals surface area contributed by atoms with Crippen molar-refractivity contribution in [3.63, 3.8) is 0 Å². The second-order valence-corrected chi connectivity index (χ2v) is 7.04. The Labute approximate surface area is 125 Å². The Bertz CT molecular complexity index is 354. The second kappa shape index (κ2) is 7.75. The van der Waals surface area contributed by atoms with E-state index in [0.29, 0.717) is 18.3 Å². The standard InChI is InChI=1S/C18H32O2/c1-9-10-12(2)15(5)16(6)17(20)18(7,8)13(3)11-14(4)19/h9,12-13,15-16H,1,10-11H2,2-8H3/t12-,13-,15-,16+/m0/s1. The number of ketones is 2. The molecule has 0 aliphatic heterocycles. The molecule has 0 heterocycles. The van der Waals surface area contributed by atoms with Gasteiger partial charge in [-0.1, -0.05) is 47.6 Å². The van der Waals surface area contributed by atoms with Crippen molar-refractivity contribution in [2.24, 2.45) is 29.1 Å². The van der Waals surface area contributed by atoms with Gasteiger partial charge in [-0.2, -0.15) is 0 Å². The van der Waals surface area contributed by atoms with Crippen LogP contribution < -0.4 is 0 Å². The van der Waals surface area contributed by atoms with Crippen LogP contribution in [0.5, 0.6) is 0 Å². The van der Waals surface area contributed by atoms with Crippen LogP contribution in [0.4, 0.5) is 0 Å². The summed E-state index contributed by atoms with van der Waals surface area (Å²) in [5.41, 5.74) is -0.451. The van der Waals surface area contributed by atoms with Crippen LogP contribution in [0.2, 0.25) is 0 Å². The van der Waals surface area contributed by atoms with Crippen molar-refractivity contribution in [1.29, 1.82) is 0 Å². The van der Waals surface area contributed by atoms with Crippen LogP contribution in [0.3, 0.4) is 0 Å². The molecule has 0 bridgehead atoms. The fourth-order valence-electron chi connectivity index (χ4n) is 2.73. The number of carbonyl (C=O) groups is 2. The molecule has 0 unspecified atom stereocenters. The number of Topliss-reactive ketones (excluding diaryl/α,β-unsaturated/α-hetero) is 2. The molecule has 0 rings (SSSR count). The molecule has 0 aromatic rings. The lowest BCUT2D eigenvalue weighted by atomic mass is 9.67. The molecule has 0 spiro atoms. The van der Waals surface area contributed by atoms with Gasteiger partial charge in [0.1, 0.15) is 11.6 Å². The zero-order valence-electron chi connectivity index (χ0n) is 14.3. The minimum Gasteiger partial charge on any atom is -0.300 e. The molecule has 20 heavy (non-hydrogen) atoms. The van der Waals surface area contributed by atoms with Crippen molar-refractivity contribution in [1.82, 2.24) is 0 Å². The van der Waals surface area contributed by atoms with Gasteiger partial charge < -0.3 is 4.79 Å². The van der Waals surface area contributed by atoms with E-state index in [9.17, 15) is 9.59 Å². The average molecular weight is 280 g/mol. The highest BCUT2D eigenvalue weighted by atomic mass is 16.1. The van der Waals surface area contributed by atoms with E-state index < -0.39 is 5.41 Å². The van der Waals surface area contributed by atoms with Crippen LogP contribution >= 0.6 is 0 Å². The first-order chi connectivity index (χ1) is 9.05. The Hall–Kier alpha value is -0.920. The smallest absolute Gasteiger partial charge is 0.141 e. The van der Waals surface area contributed by atoms with Gasteiger partial charge in [-0.3, -0.25) is 4.79 Å². The van der Waals surface area contributed by atoms with Crippen LogP contribution in [0.15, 0.2) is 12.7 Å². The topological polar surface area (TPSA) is 34.1 Å². The Morgan fingerprint density at radius 2 is 1.65 bits per heavy atom. The maximum atomic E-state index is 12.8. The van der Waals surface area contributed by atoms with E-state index in [2.05, 4.69) is 20.4 Å². The van der Waals surface area contributed by atoms with E-state index in [1.165, 1.54) is 0 Å². The number of carbonyl (C=O) groups excluding carboxylic acids is 2. The summed E-state index contributed by atoms with van der Waals surface area (Å²) in [5.74, 6) is 1.29. The summed E-state index contributed by atoms with van der Waals surface area (Å²) in [4.78, 5) is 24.1. The van der Waals surface area contributed by atoms with Gasteiger partial charge in [0.05, 0.1) is 0 Å². The maximum Gasteiger partial charge on any atom is 0.141 e. The van der Waals surface area contributed by atoms with Gasteiger partial charge in [-0.25, -0.2) is 0 Å². The van der Waals surface area contributed by atoms with Crippen LogP contribution in [-0.4, -0.2) is 11.6 Å². The van der Waals surface area contributed by atoms with Gasteiger partial charge >= 0.3 is 0 Å². The van der Waals surface area contributed by atoms with Crippen molar-refractivity contribution in [3.05, 3.63) is 12.7 Å². The Morgan fingerprint density at radius 3 is 2.05 bits per heavy atom. The van der Waals surface area contributed by atoms with Crippen LogP contribution in [0.1, 0.15) is 61.3 Å². The summed E-state index contributed by atoms with van der Waals surface area (Å²) >= 11 is 0. The molecule has 0 amide bonds. The monoisotopic (exact) mass is 280 g/mol. The fourth-order valence-corrected chi connectivity index (χ4v) is 2.73. The molecule has 2 heteroatoms. The van der Waals surface area contributed by atoms with Crippen molar-refractivity contribution in [2.75, 3.05) is 0 Å². The number of hydrogen-bond acceptors (Lipinski definition) is 2. The Morgan fingerprint density at radius 1 is 1.15 bits per heavy atom. The van der Waals surface area contributed by atoms with E-state index in [-0.39, 0.29) is 23.4 Å². The molecule has 0 radical (unpaired) electrons. The summed E-state index contributed by atoms with van der Waals surface area (Å²) < 4.78 is 0. The highest BCUT2D eigenvalue weighted by Gasteiger charge is 2.39. The van der Waals surface area contributed by atoms with E-state index >= 15 is 0 Å². The molecule has 0 aromatic carbocycles. The highest BCUT2D eigenvalue weighted by Crippen LogP contribution is 2.36. The Balaban J connectivity index is 4.93. The molecular weight excluding hydrogens is 248 g/mol. The molecule has 0 saturated carbocycles. The molecule has 2 nitrogen and oxygen atoms in total. The lowest BCUT2D eigenvalue weighted by Gasteiger charge is -2.35. The van der Waals surface area contributed by atoms with E-state index in [4.69, 9.17) is 0 Å². The van der Waals surface area contributed by atoms with Gasteiger partial charge in [-0.05, 0) is 31.1 Å². The predicted molar refractivity (Wildman–Crippen MR) is 85.6 cm³/mol. The van der Waals surface area contributed by atoms with Gasteiger partial charge in [0, 0.05) is 17.8 Å². The molecule has 0 saturated heterocycles. The number of rotatable bonds is 9. The summed E-state index contributed by atoms with van der Waals surface area (Å²) in [6.07, 6.45) is 3.33. The molecule has 0 N–H and O–H groups in total. The van der Waals surface area contributed by atoms with Gasteiger partial charge in [0.25, 0.3) is 0 Å². The first kappa shape index (κ1) is 19.1. The summed E-state index contributed by atoms with van der Waals surface area (Å²) in [7, 11) is 0. The number of allylic oxidation sites excluding steroid dienone is 1. The highest BCUT2D eigenvalue weighted by molar-refractivity contribution is 5.87. The van der Waals surface area contributed by atoms with Crippen molar-refractivity contribution in [3.8, 4) is 0 Å². The third kappa shape index (κ3) is 4.88. The van der Waals surface area contributed by atoms with Gasteiger partial charge in [0.2, 0.25) is 0 Å². The molecule has 0 aliphatic carbocycles. The number of hydrogen-bond donors (Lipinski definition) is 0. The zero-order chi connectivity index (χ0) is 16.1. The van der Waals surface area contributed by atoms with Crippen LogP contribution in [-0.2, 0) is 9.59 Å². The SMILES string of the molecule is C=CC[C@H](C)[C@H](C)[C@@H](C)C(=O)C(C)(C)[C@@H](C)CC(C)=O. The van der Waals surface area contributed by atoms with E-state index in [1.54, 1.807) is 6.92 Å². The third-order valence-corrected chi connectivity index (χ3v) is 5.10. The Kier molecular flexibility index (Phi) is 7.40. The van der Waals surface area contributed by atoms with Crippen LogP contribution in [0.25, 0.3) is 0 Å². The summed E-state index contributed by atoms with van der Waals surface area (Å²) in [5, 5.41) is 0. The molecular formula is C18H32O2. The summed E-state index contributed by atoms with van der Waals surface area (Å²) in [6, 6.07) is 0. The van der Waals surface area contributed by atoms with Gasteiger partial charge in [0.15, 0.2) is 0 Å². The molecule has 116 valence electrons. The fraction of sp³-hybridized carbons (Fsp3) is 0.778. The lowest BCUT2D eigenvalue weighted by Crippen LogP contribution is -2.39. The molecule has 0 aromatic heterocycles. The minimum absolute atomic E-state index is 0.00866. The molecule has 4 atom stereocenters. The maximum absolute atomic E-state index is 12.8. The minimum atomic E-state index is -0.451. The molecule has 0 aliphatic rings. The van der Waals surface area contributed by atoms with E-state index in [0.717, 1.165) is 6.42 Å². The van der Waals surface area contributed by atoms with E-state index in [1.807, 2.05) is 33.8 Å². The van der Waals surface area contributed by atoms with Crippen molar-refractivity contribution >= 4 is 11.6 Å².